The van der Waals surface area contributed by atoms with E-state index in [-0.39, 0.29) is 5.92 Å². The summed E-state index contributed by atoms with van der Waals surface area (Å²) in [6, 6.07) is 0.477. The summed E-state index contributed by atoms with van der Waals surface area (Å²) in [5, 5.41) is 12.3. The lowest BCUT2D eigenvalue weighted by Gasteiger charge is -2.15. The van der Waals surface area contributed by atoms with Crippen molar-refractivity contribution in [3.8, 4) is 0 Å². The van der Waals surface area contributed by atoms with Gasteiger partial charge in [0.25, 0.3) is 0 Å². The van der Waals surface area contributed by atoms with Crippen LogP contribution in [0.2, 0.25) is 0 Å². The Morgan fingerprint density at radius 2 is 2.16 bits per heavy atom. The molecule has 3 unspecified atom stereocenters. The van der Waals surface area contributed by atoms with Gasteiger partial charge in [-0.25, -0.2) is 0 Å². The highest BCUT2D eigenvalue weighted by Crippen LogP contribution is 2.16. The van der Waals surface area contributed by atoms with E-state index in [0.29, 0.717) is 12.1 Å². The number of hydrogen-bond donors (Lipinski definition) is 2. The number of hydrogen-bond acceptors (Lipinski definition) is 3. The molecule has 19 heavy (non-hydrogen) atoms. The third-order valence-electron chi connectivity index (χ3n) is 3.92. The molecule has 0 aromatic carbocycles. The number of rotatable bonds is 10. The van der Waals surface area contributed by atoms with E-state index >= 15 is 0 Å². The first-order chi connectivity index (χ1) is 9.09. The van der Waals surface area contributed by atoms with Gasteiger partial charge in [-0.15, -0.1) is 0 Å². The molecule has 1 saturated heterocycles. The maximum Gasteiger partial charge on any atom is 0.306 e. The summed E-state index contributed by atoms with van der Waals surface area (Å²) in [5.41, 5.74) is 0. The zero-order chi connectivity index (χ0) is 14.1. The molecule has 2 N–H and O–H groups in total. The molecular formula is C15H29NO3. The number of nitrogens with one attached hydrogen (secondary N) is 1. The molecule has 0 aliphatic carbocycles. The largest absolute Gasteiger partial charge is 0.481 e. The van der Waals surface area contributed by atoms with Crippen LogP contribution in [-0.2, 0) is 9.53 Å². The monoisotopic (exact) mass is 271 g/mol. The van der Waals surface area contributed by atoms with E-state index in [1.54, 1.807) is 6.92 Å². The van der Waals surface area contributed by atoms with Gasteiger partial charge in [0.15, 0.2) is 0 Å². The van der Waals surface area contributed by atoms with Crippen molar-refractivity contribution in [2.75, 3.05) is 13.2 Å². The van der Waals surface area contributed by atoms with Crippen LogP contribution in [0.4, 0.5) is 0 Å². The Morgan fingerprint density at radius 3 is 2.79 bits per heavy atom. The minimum Gasteiger partial charge on any atom is -0.481 e. The average Bonchev–Trinajstić information content (AvgIpc) is 2.87. The Hall–Kier alpha value is -0.610. The first-order valence-electron chi connectivity index (χ1n) is 7.67. The first kappa shape index (κ1) is 16.4. The maximum absolute atomic E-state index is 10.7. The van der Waals surface area contributed by atoms with Gasteiger partial charge in [0.05, 0.1) is 12.0 Å². The summed E-state index contributed by atoms with van der Waals surface area (Å²) >= 11 is 0. The molecule has 1 fully saturated rings. The maximum atomic E-state index is 10.7. The van der Waals surface area contributed by atoms with Crippen molar-refractivity contribution in [1.29, 1.82) is 0 Å². The second-order valence-corrected chi connectivity index (χ2v) is 5.80. The van der Waals surface area contributed by atoms with Crippen LogP contribution in [-0.4, -0.2) is 36.4 Å². The summed E-state index contributed by atoms with van der Waals surface area (Å²) in [6.07, 6.45) is 8.07. The molecule has 4 nitrogen and oxygen atoms in total. The quantitative estimate of drug-likeness (QED) is 0.600. The van der Waals surface area contributed by atoms with Crippen molar-refractivity contribution in [2.24, 2.45) is 5.92 Å². The van der Waals surface area contributed by atoms with Gasteiger partial charge in [0.2, 0.25) is 0 Å². The molecule has 3 atom stereocenters. The summed E-state index contributed by atoms with van der Waals surface area (Å²) in [6.45, 7) is 5.94. The van der Waals surface area contributed by atoms with E-state index < -0.39 is 5.97 Å². The molecule has 1 aliphatic heterocycles. The Kier molecular flexibility index (Phi) is 8.07. The molecule has 0 aromatic heterocycles. The van der Waals surface area contributed by atoms with E-state index in [9.17, 15) is 4.79 Å². The van der Waals surface area contributed by atoms with E-state index in [1.165, 1.54) is 19.3 Å². The molecule has 1 rings (SSSR count). The van der Waals surface area contributed by atoms with Gasteiger partial charge >= 0.3 is 5.97 Å². The Balaban J connectivity index is 1.92. The van der Waals surface area contributed by atoms with Gasteiger partial charge in [-0.05, 0) is 52.0 Å². The van der Waals surface area contributed by atoms with Crippen LogP contribution >= 0.6 is 0 Å². The van der Waals surface area contributed by atoms with E-state index in [4.69, 9.17) is 9.84 Å². The number of carbonyl (C=O) groups is 1. The zero-order valence-electron chi connectivity index (χ0n) is 12.4. The van der Waals surface area contributed by atoms with Crippen molar-refractivity contribution in [3.05, 3.63) is 0 Å². The SMILES string of the molecule is CC(CCCC(C)C(=O)O)NCCCC1CCCO1. The van der Waals surface area contributed by atoms with Crippen LogP contribution in [0.15, 0.2) is 0 Å². The van der Waals surface area contributed by atoms with E-state index in [0.717, 1.165) is 38.8 Å². The Labute approximate surface area is 116 Å². The lowest BCUT2D eigenvalue weighted by molar-refractivity contribution is -0.141. The number of aliphatic carboxylic acids is 1. The van der Waals surface area contributed by atoms with Crippen LogP contribution in [0.3, 0.4) is 0 Å². The molecule has 0 amide bonds. The van der Waals surface area contributed by atoms with E-state index in [1.807, 2.05) is 0 Å². The first-order valence-corrected chi connectivity index (χ1v) is 7.67. The van der Waals surface area contributed by atoms with Gasteiger partial charge in [-0.2, -0.15) is 0 Å². The highest BCUT2D eigenvalue weighted by Gasteiger charge is 2.14. The summed E-state index contributed by atoms with van der Waals surface area (Å²) in [5.74, 6) is -0.899. The van der Waals surface area contributed by atoms with Gasteiger partial charge in [0, 0.05) is 12.6 Å². The van der Waals surface area contributed by atoms with Crippen molar-refractivity contribution >= 4 is 5.97 Å². The standard InChI is InChI=1S/C15H29NO3/c1-12(15(17)18)6-3-7-13(2)16-10-4-8-14-9-5-11-19-14/h12-14,16H,3-11H2,1-2H3,(H,17,18). The summed E-state index contributed by atoms with van der Waals surface area (Å²) in [7, 11) is 0. The van der Waals surface area contributed by atoms with Gasteiger partial charge in [-0.1, -0.05) is 13.3 Å². The van der Waals surface area contributed by atoms with Gasteiger partial charge in [-0.3, -0.25) is 4.79 Å². The van der Waals surface area contributed by atoms with Crippen LogP contribution in [0.25, 0.3) is 0 Å². The van der Waals surface area contributed by atoms with Crippen LogP contribution < -0.4 is 5.32 Å². The minimum absolute atomic E-state index is 0.216. The molecule has 0 radical (unpaired) electrons. The van der Waals surface area contributed by atoms with Crippen molar-refractivity contribution < 1.29 is 14.6 Å². The molecular weight excluding hydrogens is 242 g/mol. The Morgan fingerprint density at radius 1 is 1.37 bits per heavy atom. The highest BCUT2D eigenvalue weighted by molar-refractivity contribution is 5.69. The summed E-state index contributed by atoms with van der Waals surface area (Å²) < 4.78 is 5.59. The smallest absolute Gasteiger partial charge is 0.306 e. The molecule has 0 spiro atoms. The lowest BCUT2D eigenvalue weighted by atomic mass is 10.0. The normalized spacial score (nSPS) is 22.3. The van der Waals surface area contributed by atoms with Crippen molar-refractivity contribution in [3.63, 3.8) is 0 Å². The molecule has 112 valence electrons. The second kappa shape index (κ2) is 9.32. The predicted molar refractivity (Wildman–Crippen MR) is 76.3 cm³/mol. The molecule has 0 aromatic rings. The number of carboxylic acids is 1. The van der Waals surface area contributed by atoms with Crippen LogP contribution in [0.5, 0.6) is 0 Å². The van der Waals surface area contributed by atoms with Crippen molar-refractivity contribution in [2.45, 2.75) is 70.9 Å². The zero-order valence-corrected chi connectivity index (χ0v) is 12.4. The van der Waals surface area contributed by atoms with Crippen molar-refractivity contribution in [1.82, 2.24) is 5.32 Å². The van der Waals surface area contributed by atoms with Gasteiger partial charge in [0.1, 0.15) is 0 Å². The third kappa shape index (κ3) is 7.53. The van der Waals surface area contributed by atoms with Gasteiger partial charge < -0.3 is 15.2 Å². The summed E-state index contributed by atoms with van der Waals surface area (Å²) in [4.78, 5) is 10.7. The molecule has 1 heterocycles. The predicted octanol–water partition coefficient (Wildman–Crippen LogP) is 2.81. The van der Waals surface area contributed by atoms with E-state index in [2.05, 4.69) is 12.2 Å². The second-order valence-electron chi connectivity index (χ2n) is 5.80. The molecule has 0 saturated carbocycles. The fourth-order valence-corrected chi connectivity index (χ4v) is 2.51. The fraction of sp³-hybridized carbons (Fsp3) is 0.933. The van der Waals surface area contributed by atoms with Crippen LogP contribution in [0.1, 0.15) is 58.8 Å². The highest BCUT2D eigenvalue weighted by atomic mass is 16.5. The minimum atomic E-state index is -0.683. The number of carboxylic acid groups (broad SMARTS) is 1. The van der Waals surface area contributed by atoms with Crippen LogP contribution in [0, 0.1) is 5.92 Å². The average molecular weight is 271 g/mol. The molecule has 1 aliphatic rings. The third-order valence-corrected chi connectivity index (χ3v) is 3.92. The molecule has 4 heteroatoms. The molecule has 0 bridgehead atoms. The lowest BCUT2D eigenvalue weighted by Crippen LogP contribution is -2.27. The Bertz CT molecular complexity index is 252. The topological polar surface area (TPSA) is 58.6 Å². The number of ether oxygens (including phenoxy) is 1. The fourth-order valence-electron chi connectivity index (χ4n) is 2.51.